The van der Waals surface area contributed by atoms with Crippen LogP contribution in [-0.2, 0) is 0 Å². The fourth-order valence-electron chi connectivity index (χ4n) is 2.84. The van der Waals surface area contributed by atoms with Crippen molar-refractivity contribution in [2.24, 2.45) is 5.92 Å². The minimum atomic E-state index is 0.0256. The molecule has 1 aromatic rings. The molecule has 0 aliphatic carbocycles. The number of hydrogen-bond donors (Lipinski definition) is 1. The number of likely N-dealkylation sites (tertiary alicyclic amines) is 1. The Labute approximate surface area is 132 Å². The number of carbonyl (C=O) groups excluding carboxylic acids is 1. The van der Waals surface area contributed by atoms with Gasteiger partial charge < -0.3 is 19.7 Å². The molecule has 122 valence electrons. The van der Waals surface area contributed by atoms with E-state index in [-0.39, 0.29) is 5.91 Å². The van der Waals surface area contributed by atoms with E-state index < -0.39 is 0 Å². The lowest BCUT2D eigenvalue weighted by atomic mass is 9.96. The molecule has 22 heavy (non-hydrogen) atoms. The standard InChI is InChI=1S/C17H26N2O3/c1-4-18-12-13-7-9-19(10-8-13)17(20)15-11-14(21-2)5-6-16(15)22-3/h5-6,11,13,18H,4,7-10,12H2,1-3H3. The highest BCUT2D eigenvalue weighted by Gasteiger charge is 2.25. The molecule has 1 saturated heterocycles. The first-order chi connectivity index (χ1) is 10.7. The van der Waals surface area contributed by atoms with Gasteiger partial charge >= 0.3 is 0 Å². The van der Waals surface area contributed by atoms with Gasteiger partial charge in [0.1, 0.15) is 11.5 Å². The van der Waals surface area contributed by atoms with Crippen molar-refractivity contribution in [2.75, 3.05) is 40.4 Å². The molecule has 1 aliphatic rings. The fraction of sp³-hybridized carbons (Fsp3) is 0.588. The quantitative estimate of drug-likeness (QED) is 0.875. The van der Waals surface area contributed by atoms with Crippen molar-refractivity contribution >= 4 is 5.91 Å². The molecule has 1 N–H and O–H groups in total. The van der Waals surface area contributed by atoms with E-state index in [1.807, 2.05) is 4.90 Å². The number of carbonyl (C=O) groups is 1. The zero-order valence-electron chi connectivity index (χ0n) is 13.7. The van der Waals surface area contributed by atoms with E-state index in [1.165, 1.54) is 0 Å². The molecule has 0 spiro atoms. The summed E-state index contributed by atoms with van der Waals surface area (Å²) in [7, 11) is 3.18. The minimum Gasteiger partial charge on any atom is -0.497 e. The second-order valence-corrected chi connectivity index (χ2v) is 5.61. The van der Waals surface area contributed by atoms with Crippen molar-refractivity contribution in [1.29, 1.82) is 0 Å². The normalized spacial score (nSPS) is 15.7. The summed E-state index contributed by atoms with van der Waals surface area (Å²) in [6.07, 6.45) is 2.09. The Balaban J connectivity index is 2.03. The molecule has 0 unspecified atom stereocenters. The average molecular weight is 306 g/mol. The Morgan fingerprint density at radius 3 is 2.59 bits per heavy atom. The van der Waals surface area contributed by atoms with Gasteiger partial charge in [0.05, 0.1) is 19.8 Å². The molecule has 1 heterocycles. The Kier molecular flexibility index (Phi) is 6.07. The molecule has 0 radical (unpaired) electrons. The predicted octanol–water partition coefficient (Wildman–Crippen LogP) is 2.17. The summed E-state index contributed by atoms with van der Waals surface area (Å²) in [5, 5.41) is 3.39. The van der Waals surface area contributed by atoms with Crippen LogP contribution in [0.5, 0.6) is 11.5 Å². The fourth-order valence-corrected chi connectivity index (χ4v) is 2.84. The molecular formula is C17H26N2O3. The number of ether oxygens (including phenoxy) is 2. The van der Waals surface area contributed by atoms with Crippen LogP contribution in [-0.4, -0.2) is 51.2 Å². The SMILES string of the molecule is CCNCC1CCN(C(=O)c2cc(OC)ccc2OC)CC1. The second-order valence-electron chi connectivity index (χ2n) is 5.61. The number of amides is 1. The second kappa shape index (κ2) is 8.03. The van der Waals surface area contributed by atoms with Crippen LogP contribution in [0.1, 0.15) is 30.1 Å². The number of hydrogen-bond acceptors (Lipinski definition) is 4. The summed E-state index contributed by atoms with van der Waals surface area (Å²) >= 11 is 0. The summed E-state index contributed by atoms with van der Waals surface area (Å²) in [5.41, 5.74) is 0.576. The lowest BCUT2D eigenvalue weighted by Crippen LogP contribution is -2.40. The first-order valence-electron chi connectivity index (χ1n) is 7.91. The smallest absolute Gasteiger partial charge is 0.257 e. The summed E-state index contributed by atoms with van der Waals surface area (Å²) < 4.78 is 10.5. The molecule has 2 rings (SSSR count). The van der Waals surface area contributed by atoms with Crippen LogP contribution in [0.25, 0.3) is 0 Å². The van der Waals surface area contributed by atoms with Crippen LogP contribution in [0.2, 0.25) is 0 Å². The van der Waals surface area contributed by atoms with E-state index in [1.54, 1.807) is 32.4 Å². The first-order valence-corrected chi connectivity index (χ1v) is 7.91. The number of methoxy groups -OCH3 is 2. The maximum atomic E-state index is 12.7. The molecule has 5 nitrogen and oxygen atoms in total. The molecule has 1 fully saturated rings. The summed E-state index contributed by atoms with van der Waals surface area (Å²) in [4.78, 5) is 14.7. The number of nitrogens with one attached hydrogen (secondary N) is 1. The minimum absolute atomic E-state index is 0.0256. The van der Waals surface area contributed by atoms with Crippen LogP contribution in [0.4, 0.5) is 0 Å². The summed E-state index contributed by atoms with van der Waals surface area (Å²) in [5.74, 6) is 1.96. The van der Waals surface area contributed by atoms with Gasteiger partial charge in [-0.15, -0.1) is 0 Å². The van der Waals surface area contributed by atoms with Crippen molar-refractivity contribution < 1.29 is 14.3 Å². The van der Waals surface area contributed by atoms with Gasteiger partial charge in [0.25, 0.3) is 5.91 Å². The van der Waals surface area contributed by atoms with E-state index in [0.29, 0.717) is 23.0 Å². The number of rotatable bonds is 6. The monoisotopic (exact) mass is 306 g/mol. The summed E-state index contributed by atoms with van der Waals surface area (Å²) in [6.45, 7) is 5.76. The molecule has 1 aliphatic heterocycles. The van der Waals surface area contributed by atoms with E-state index in [4.69, 9.17) is 9.47 Å². The molecule has 1 aromatic carbocycles. The van der Waals surface area contributed by atoms with Gasteiger partial charge in [-0.2, -0.15) is 0 Å². The largest absolute Gasteiger partial charge is 0.497 e. The van der Waals surface area contributed by atoms with Gasteiger partial charge in [0.2, 0.25) is 0 Å². The molecule has 5 heteroatoms. The van der Waals surface area contributed by atoms with Gasteiger partial charge in [-0.05, 0) is 50.0 Å². The van der Waals surface area contributed by atoms with Crippen LogP contribution in [0, 0.1) is 5.92 Å². The van der Waals surface area contributed by atoms with Crippen molar-refractivity contribution in [1.82, 2.24) is 10.2 Å². The number of benzene rings is 1. The lowest BCUT2D eigenvalue weighted by Gasteiger charge is -2.32. The van der Waals surface area contributed by atoms with E-state index >= 15 is 0 Å². The Morgan fingerprint density at radius 1 is 1.27 bits per heavy atom. The Morgan fingerprint density at radius 2 is 2.00 bits per heavy atom. The lowest BCUT2D eigenvalue weighted by molar-refractivity contribution is 0.0686. The zero-order valence-corrected chi connectivity index (χ0v) is 13.7. The van der Waals surface area contributed by atoms with Crippen LogP contribution >= 0.6 is 0 Å². The van der Waals surface area contributed by atoms with Gasteiger partial charge in [-0.3, -0.25) is 4.79 Å². The van der Waals surface area contributed by atoms with E-state index in [0.717, 1.165) is 39.0 Å². The van der Waals surface area contributed by atoms with Gasteiger partial charge in [-0.1, -0.05) is 6.92 Å². The zero-order chi connectivity index (χ0) is 15.9. The number of piperidine rings is 1. The van der Waals surface area contributed by atoms with Gasteiger partial charge in [0.15, 0.2) is 0 Å². The Bertz CT molecular complexity index is 497. The molecule has 0 bridgehead atoms. The van der Waals surface area contributed by atoms with Crippen molar-refractivity contribution in [3.63, 3.8) is 0 Å². The van der Waals surface area contributed by atoms with E-state index in [9.17, 15) is 4.79 Å². The maximum absolute atomic E-state index is 12.7. The summed E-state index contributed by atoms with van der Waals surface area (Å²) in [6, 6.07) is 5.34. The third kappa shape index (κ3) is 3.91. The highest BCUT2D eigenvalue weighted by Crippen LogP contribution is 2.27. The number of nitrogens with zero attached hydrogens (tertiary/aromatic N) is 1. The van der Waals surface area contributed by atoms with Crippen LogP contribution in [0.3, 0.4) is 0 Å². The molecular weight excluding hydrogens is 280 g/mol. The first kappa shape index (κ1) is 16.6. The van der Waals surface area contributed by atoms with Crippen molar-refractivity contribution in [3.8, 4) is 11.5 Å². The van der Waals surface area contributed by atoms with Gasteiger partial charge in [-0.25, -0.2) is 0 Å². The topological polar surface area (TPSA) is 50.8 Å². The highest BCUT2D eigenvalue weighted by atomic mass is 16.5. The molecule has 0 saturated carbocycles. The van der Waals surface area contributed by atoms with Gasteiger partial charge in [0, 0.05) is 13.1 Å². The molecule has 0 aromatic heterocycles. The molecule has 1 amide bonds. The van der Waals surface area contributed by atoms with Crippen molar-refractivity contribution in [2.45, 2.75) is 19.8 Å². The molecule has 0 atom stereocenters. The predicted molar refractivity (Wildman–Crippen MR) is 86.7 cm³/mol. The average Bonchev–Trinajstić information content (AvgIpc) is 2.59. The third-order valence-electron chi connectivity index (χ3n) is 4.22. The van der Waals surface area contributed by atoms with Crippen LogP contribution < -0.4 is 14.8 Å². The van der Waals surface area contributed by atoms with Crippen LogP contribution in [0.15, 0.2) is 18.2 Å². The van der Waals surface area contributed by atoms with Crippen molar-refractivity contribution in [3.05, 3.63) is 23.8 Å². The third-order valence-corrected chi connectivity index (χ3v) is 4.22. The Hall–Kier alpha value is -1.75. The van der Waals surface area contributed by atoms with E-state index in [2.05, 4.69) is 12.2 Å². The highest BCUT2D eigenvalue weighted by molar-refractivity contribution is 5.97. The maximum Gasteiger partial charge on any atom is 0.257 e.